The highest BCUT2D eigenvalue weighted by atomic mass is 19.1. The molecule has 0 spiro atoms. The van der Waals surface area contributed by atoms with Gasteiger partial charge in [-0.15, -0.1) is 0 Å². The normalized spacial score (nSPS) is 11.0. The monoisotopic (exact) mass is 549 g/mol. The summed E-state index contributed by atoms with van der Waals surface area (Å²) < 4.78 is 38.3. The number of fused-ring (bicyclic) bond motifs is 1. The van der Waals surface area contributed by atoms with Crippen LogP contribution in [0.5, 0.6) is 5.75 Å². The Morgan fingerprint density at radius 2 is 1.65 bits per heavy atom. The third-order valence-electron chi connectivity index (χ3n) is 6.57. The molecule has 1 aromatic heterocycles. The lowest BCUT2D eigenvalue weighted by Gasteiger charge is -2.28. The molecule has 40 heavy (non-hydrogen) atoms. The molecule has 0 fully saturated rings. The summed E-state index contributed by atoms with van der Waals surface area (Å²) in [6.07, 6.45) is 2.53. The van der Waals surface area contributed by atoms with E-state index in [1.807, 2.05) is 61.7 Å². The van der Waals surface area contributed by atoms with Crippen LogP contribution in [0.3, 0.4) is 0 Å². The molecule has 9 heteroatoms. The summed E-state index contributed by atoms with van der Waals surface area (Å²) in [6.45, 7) is 3.14. The van der Waals surface area contributed by atoms with Gasteiger partial charge < -0.3 is 24.3 Å². The molecule has 7 nitrogen and oxygen atoms in total. The summed E-state index contributed by atoms with van der Waals surface area (Å²) in [4.78, 5) is 33.1. The first-order valence-corrected chi connectivity index (χ1v) is 13.2. The number of benzene rings is 3. The highest BCUT2D eigenvalue weighted by Crippen LogP contribution is 2.20. The average Bonchev–Trinajstić information content (AvgIpc) is 3.36. The first kappa shape index (κ1) is 28.8. The second-order valence-corrected chi connectivity index (χ2v) is 9.38. The van der Waals surface area contributed by atoms with Crippen molar-refractivity contribution in [1.82, 2.24) is 14.8 Å². The largest absolute Gasteiger partial charge is 0.494 e. The van der Waals surface area contributed by atoms with Crippen molar-refractivity contribution in [2.45, 2.75) is 19.9 Å². The van der Waals surface area contributed by atoms with E-state index in [1.54, 1.807) is 4.90 Å². The van der Waals surface area contributed by atoms with Crippen LogP contribution in [0.25, 0.3) is 10.9 Å². The van der Waals surface area contributed by atoms with Crippen LogP contribution < -0.4 is 4.74 Å². The second-order valence-electron chi connectivity index (χ2n) is 9.38. The van der Waals surface area contributed by atoms with Crippen LogP contribution in [0, 0.1) is 11.6 Å². The number of aromatic nitrogens is 1. The van der Waals surface area contributed by atoms with E-state index in [2.05, 4.69) is 4.98 Å². The van der Waals surface area contributed by atoms with Gasteiger partial charge in [0.25, 0.3) is 5.91 Å². The van der Waals surface area contributed by atoms with Gasteiger partial charge in [0.15, 0.2) is 0 Å². The molecule has 4 rings (SSSR count). The lowest BCUT2D eigenvalue weighted by atomic mass is 10.1. The Morgan fingerprint density at radius 1 is 0.925 bits per heavy atom. The van der Waals surface area contributed by atoms with Crippen molar-refractivity contribution >= 4 is 22.7 Å². The summed E-state index contributed by atoms with van der Waals surface area (Å²) in [5, 5.41) is 1.08. The maximum atomic E-state index is 13.8. The quantitative estimate of drug-likeness (QED) is 0.249. The molecule has 0 unspecified atom stereocenters. The number of nitrogens with one attached hydrogen (secondary N) is 1. The van der Waals surface area contributed by atoms with Crippen molar-refractivity contribution in [2.75, 3.05) is 40.0 Å². The molecule has 210 valence electrons. The van der Waals surface area contributed by atoms with Crippen molar-refractivity contribution < 1.29 is 27.8 Å². The van der Waals surface area contributed by atoms with E-state index in [0.29, 0.717) is 32.2 Å². The van der Waals surface area contributed by atoms with E-state index in [1.165, 1.54) is 12.0 Å². The predicted octanol–water partition coefficient (Wildman–Crippen LogP) is 5.20. The number of amides is 2. The molecular weight excluding hydrogens is 516 g/mol. The fourth-order valence-corrected chi connectivity index (χ4v) is 4.54. The fraction of sp³-hybridized carbons (Fsp3) is 0.290. The van der Waals surface area contributed by atoms with Gasteiger partial charge in [-0.05, 0) is 54.8 Å². The number of ether oxygens (including phenoxy) is 2. The molecule has 0 bridgehead atoms. The molecule has 0 atom stereocenters. The topological polar surface area (TPSA) is 74.9 Å². The summed E-state index contributed by atoms with van der Waals surface area (Å²) in [6, 6.07) is 18.1. The maximum Gasteiger partial charge on any atom is 0.254 e. The number of nitrogens with zero attached hydrogens (tertiary/aromatic N) is 2. The van der Waals surface area contributed by atoms with Crippen LogP contribution in [-0.4, -0.2) is 66.6 Å². The van der Waals surface area contributed by atoms with Gasteiger partial charge in [-0.2, -0.15) is 0 Å². The number of hydrogen-bond acceptors (Lipinski definition) is 4. The van der Waals surface area contributed by atoms with Crippen LogP contribution >= 0.6 is 0 Å². The van der Waals surface area contributed by atoms with Gasteiger partial charge in [0.2, 0.25) is 5.91 Å². The zero-order valence-corrected chi connectivity index (χ0v) is 22.7. The lowest BCUT2D eigenvalue weighted by molar-refractivity contribution is -0.132. The number of carbonyl (C=O) groups excluding carboxylic acids is 2. The number of para-hydroxylation sites is 1. The Labute approximate surface area is 232 Å². The van der Waals surface area contributed by atoms with Crippen molar-refractivity contribution in [2.24, 2.45) is 0 Å². The van der Waals surface area contributed by atoms with Crippen molar-refractivity contribution in [3.63, 3.8) is 0 Å². The van der Waals surface area contributed by atoms with Crippen molar-refractivity contribution in [3.05, 3.63) is 101 Å². The molecule has 4 aromatic rings. The minimum Gasteiger partial charge on any atom is -0.494 e. The van der Waals surface area contributed by atoms with E-state index >= 15 is 0 Å². The number of carbonyl (C=O) groups is 2. The third-order valence-corrected chi connectivity index (χ3v) is 6.57. The highest BCUT2D eigenvalue weighted by Gasteiger charge is 2.24. The Kier molecular flexibility index (Phi) is 9.86. The van der Waals surface area contributed by atoms with Crippen LogP contribution in [0.2, 0.25) is 0 Å². The average molecular weight is 550 g/mol. The predicted molar refractivity (Wildman–Crippen MR) is 149 cm³/mol. The van der Waals surface area contributed by atoms with E-state index < -0.39 is 17.5 Å². The van der Waals surface area contributed by atoms with E-state index in [0.717, 1.165) is 39.9 Å². The minimum absolute atomic E-state index is 0.0819. The summed E-state index contributed by atoms with van der Waals surface area (Å²) >= 11 is 0. The van der Waals surface area contributed by atoms with Crippen LogP contribution in [0.15, 0.2) is 72.9 Å². The Balaban J connectivity index is 1.55. The van der Waals surface area contributed by atoms with Gasteiger partial charge in [0.05, 0.1) is 13.2 Å². The zero-order chi connectivity index (χ0) is 28.5. The number of H-pyrrole nitrogens is 1. The molecule has 0 saturated carbocycles. The molecule has 0 aliphatic heterocycles. The van der Waals surface area contributed by atoms with Crippen molar-refractivity contribution in [1.29, 1.82) is 0 Å². The zero-order valence-electron chi connectivity index (χ0n) is 22.7. The Hall–Kier alpha value is -4.24. The van der Waals surface area contributed by atoms with E-state index in [9.17, 15) is 18.4 Å². The highest BCUT2D eigenvalue weighted by molar-refractivity contribution is 5.96. The molecule has 1 N–H and O–H groups in total. The fourth-order valence-electron chi connectivity index (χ4n) is 4.54. The van der Waals surface area contributed by atoms with Gasteiger partial charge in [-0.25, -0.2) is 8.78 Å². The molecular formula is C31H33F2N3O4. The van der Waals surface area contributed by atoms with Gasteiger partial charge in [-0.3, -0.25) is 9.59 Å². The number of rotatable bonds is 13. The third kappa shape index (κ3) is 7.45. The number of aromatic amines is 1. The minimum atomic E-state index is -0.864. The van der Waals surface area contributed by atoms with Gasteiger partial charge in [0, 0.05) is 55.5 Å². The molecule has 0 aliphatic rings. The van der Waals surface area contributed by atoms with Gasteiger partial charge >= 0.3 is 0 Å². The van der Waals surface area contributed by atoms with E-state index in [-0.39, 0.29) is 31.2 Å². The van der Waals surface area contributed by atoms with E-state index in [4.69, 9.17) is 9.47 Å². The summed E-state index contributed by atoms with van der Waals surface area (Å²) in [5.41, 5.74) is 2.82. The number of halogens is 2. The van der Waals surface area contributed by atoms with Crippen LogP contribution in [-0.2, 0) is 22.5 Å². The summed E-state index contributed by atoms with van der Waals surface area (Å²) in [7, 11) is 1.48. The first-order valence-electron chi connectivity index (χ1n) is 13.2. The van der Waals surface area contributed by atoms with Crippen molar-refractivity contribution in [3.8, 4) is 5.75 Å². The lowest BCUT2D eigenvalue weighted by Crippen LogP contribution is -2.44. The second kappa shape index (κ2) is 13.7. The Morgan fingerprint density at radius 3 is 2.35 bits per heavy atom. The molecule has 1 heterocycles. The number of hydrogen-bond donors (Lipinski definition) is 1. The van der Waals surface area contributed by atoms with Crippen LogP contribution in [0.1, 0.15) is 28.4 Å². The SMILES string of the molecule is CCOc1ccc(CN(CCc2c[nH]c3ccccc23)C(=O)CN(CCOC)C(=O)c2cc(F)cc(F)c2)cc1. The Bertz CT molecular complexity index is 1420. The maximum absolute atomic E-state index is 13.8. The molecule has 0 radical (unpaired) electrons. The summed E-state index contributed by atoms with van der Waals surface area (Å²) in [5.74, 6) is -1.94. The molecule has 3 aromatic carbocycles. The number of methoxy groups -OCH3 is 1. The standard InChI is InChI=1S/C31H33F2N3O4/c1-3-40-27-10-8-22(9-11-27)20-35(13-12-23-19-34-29-7-5-4-6-28(23)29)30(37)21-36(14-15-39-2)31(38)24-16-25(32)18-26(33)17-24/h4-11,16-19,34H,3,12-15,20-21H2,1-2H3. The molecule has 0 aliphatic carbocycles. The molecule has 2 amide bonds. The first-order chi connectivity index (χ1) is 19.4. The van der Waals surface area contributed by atoms with Crippen LogP contribution in [0.4, 0.5) is 8.78 Å². The van der Waals surface area contributed by atoms with Gasteiger partial charge in [-0.1, -0.05) is 30.3 Å². The smallest absolute Gasteiger partial charge is 0.254 e. The molecule has 0 saturated heterocycles. The van der Waals surface area contributed by atoms with Gasteiger partial charge in [0.1, 0.15) is 23.9 Å².